The molecule has 0 atom stereocenters. The van der Waals surface area contributed by atoms with E-state index >= 15 is 0 Å². The van der Waals surface area contributed by atoms with Crippen LogP contribution < -0.4 is 5.32 Å². The van der Waals surface area contributed by atoms with Crippen LogP contribution in [0.5, 0.6) is 0 Å². The summed E-state index contributed by atoms with van der Waals surface area (Å²) in [6, 6.07) is 2.90. The molecule has 88 valence electrons. The molecule has 0 spiro atoms. The fraction of sp³-hybridized carbons (Fsp3) is 0.455. The molecule has 16 heavy (non-hydrogen) atoms. The highest BCUT2D eigenvalue weighted by Gasteiger charge is 2.27. The summed E-state index contributed by atoms with van der Waals surface area (Å²) in [6.45, 7) is 0.200. The molecule has 0 radical (unpaired) electrons. The first kappa shape index (κ1) is 12.3. The average molecular weight is 311 g/mol. The lowest BCUT2D eigenvalue weighted by Gasteiger charge is -2.31. The van der Waals surface area contributed by atoms with Gasteiger partial charge in [-0.05, 0) is 40.9 Å². The molecule has 5 heteroatoms. The lowest BCUT2D eigenvalue weighted by Crippen LogP contribution is -2.41. The smallest absolute Gasteiger partial charge is 0.144 e. The van der Waals surface area contributed by atoms with Gasteiger partial charge in [0, 0.05) is 23.5 Å². The van der Waals surface area contributed by atoms with Gasteiger partial charge in [-0.25, -0.2) is 8.78 Å². The predicted octanol–water partition coefficient (Wildman–Crippen LogP) is 3.59. The zero-order valence-electron chi connectivity index (χ0n) is 8.44. The van der Waals surface area contributed by atoms with Crippen molar-refractivity contribution >= 4 is 27.5 Å². The van der Waals surface area contributed by atoms with Gasteiger partial charge < -0.3 is 5.32 Å². The molecule has 0 aromatic heterocycles. The van der Waals surface area contributed by atoms with Gasteiger partial charge in [-0.3, -0.25) is 0 Å². The van der Waals surface area contributed by atoms with Gasteiger partial charge in [0.2, 0.25) is 0 Å². The standard InChI is InChI=1S/C11H11BrClF2N/c12-9-1-2-10(14)8(11(9)15)5-16-7-3-6(13)4-7/h1-2,6-7,16H,3-5H2. The van der Waals surface area contributed by atoms with E-state index in [-0.39, 0.29) is 28.0 Å². The summed E-state index contributed by atoms with van der Waals surface area (Å²) in [4.78, 5) is 0. The van der Waals surface area contributed by atoms with Gasteiger partial charge in [-0.1, -0.05) is 0 Å². The van der Waals surface area contributed by atoms with E-state index in [4.69, 9.17) is 11.6 Å². The maximum Gasteiger partial charge on any atom is 0.144 e. The van der Waals surface area contributed by atoms with Gasteiger partial charge in [0.15, 0.2) is 0 Å². The second-order valence-electron chi connectivity index (χ2n) is 3.97. The first-order valence-electron chi connectivity index (χ1n) is 5.07. The third-order valence-corrected chi connectivity index (χ3v) is 3.76. The highest BCUT2D eigenvalue weighted by Crippen LogP contribution is 2.26. The number of alkyl halides is 1. The Kier molecular flexibility index (Phi) is 3.82. The summed E-state index contributed by atoms with van der Waals surface area (Å²) in [5.41, 5.74) is 0.0763. The van der Waals surface area contributed by atoms with Crippen LogP contribution in [0.3, 0.4) is 0 Å². The van der Waals surface area contributed by atoms with Crippen LogP contribution >= 0.6 is 27.5 Å². The maximum absolute atomic E-state index is 13.6. The van der Waals surface area contributed by atoms with Gasteiger partial charge >= 0.3 is 0 Å². The minimum absolute atomic E-state index is 0.0763. The van der Waals surface area contributed by atoms with Crippen LogP contribution in [0.4, 0.5) is 8.78 Å². The number of hydrogen-bond acceptors (Lipinski definition) is 1. The zero-order valence-corrected chi connectivity index (χ0v) is 10.8. The van der Waals surface area contributed by atoms with Crippen LogP contribution in [-0.4, -0.2) is 11.4 Å². The van der Waals surface area contributed by atoms with Crippen molar-refractivity contribution in [1.29, 1.82) is 0 Å². The monoisotopic (exact) mass is 309 g/mol. The Labute approximate surface area is 106 Å². The lowest BCUT2D eigenvalue weighted by atomic mass is 9.92. The normalized spacial score (nSPS) is 24.2. The quantitative estimate of drug-likeness (QED) is 0.664. The molecule has 0 bridgehead atoms. The molecule has 1 aliphatic rings. The first-order valence-corrected chi connectivity index (χ1v) is 6.30. The van der Waals surface area contributed by atoms with Gasteiger partial charge in [0.25, 0.3) is 0 Å². The Morgan fingerprint density at radius 3 is 2.69 bits per heavy atom. The summed E-state index contributed by atoms with van der Waals surface area (Å²) in [6.07, 6.45) is 1.72. The van der Waals surface area contributed by atoms with Crippen molar-refractivity contribution < 1.29 is 8.78 Å². The highest BCUT2D eigenvalue weighted by molar-refractivity contribution is 9.10. The minimum Gasteiger partial charge on any atom is -0.310 e. The van der Waals surface area contributed by atoms with Crippen molar-refractivity contribution in [3.63, 3.8) is 0 Å². The highest BCUT2D eigenvalue weighted by atomic mass is 79.9. The van der Waals surface area contributed by atoms with Gasteiger partial charge in [-0.15, -0.1) is 11.6 Å². The third kappa shape index (κ3) is 2.55. The Morgan fingerprint density at radius 2 is 2.06 bits per heavy atom. The van der Waals surface area contributed by atoms with Crippen molar-refractivity contribution in [3.05, 3.63) is 33.8 Å². The molecule has 0 aliphatic heterocycles. The van der Waals surface area contributed by atoms with Crippen molar-refractivity contribution in [3.8, 4) is 0 Å². The summed E-state index contributed by atoms with van der Waals surface area (Å²) in [5, 5.41) is 3.29. The summed E-state index contributed by atoms with van der Waals surface area (Å²) < 4.78 is 27.2. The molecule has 1 nitrogen and oxygen atoms in total. The number of halogens is 4. The van der Waals surface area contributed by atoms with E-state index in [0.29, 0.717) is 0 Å². The maximum atomic E-state index is 13.6. The van der Waals surface area contributed by atoms with E-state index < -0.39 is 11.6 Å². The molecule has 1 saturated carbocycles. The molecule has 2 rings (SSSR count). The molecule has 0 unspecified atom stereocenters. The second kappa shape index (κ2) is 4.98. The van der Waals surface area contributed by atoms with Crippen LogP contribution in [-0.2, 0) is 6.54 Å². The van der Waals surface area contributed by atoms with E-state index in [9.17, 15) is 8.78 Å². The Bertz CT molecular complexity index is 394. The SMILES string of the molecule is Fc1ccc(Br)c(F)c1CNC1CC(Cl)C1. The van der Waals surface area contributed by atoms with E-state index in [2.05, 4.69) is 21.2 Å². The molecule has 1 fully saturated rings. The van der Waals surface area contributed by atoms with E-state index in [1.807, 2.05) is 0 Å². The predicted molar refractivity (Wildman–Crippen MR) is 63.6 cm³/mol. The molecular formula is C11H11BrClF2N. The summed E-state index contributed by atoms with van der Waals surface area (Å²) >= 11 is 8.85. The molecular weight excluding hydrogens is 299 g/mol. The van der Waals surface area contributed by atoms with Crippen LogP contribution in [0.2, 0.25) is 0 Å². The van der Waals surface area contributed by atoms with Crippen LogP contribution in [0, 0.1) is 11.6 Å². The van der Waals surface area contributed by atoms with Crippen molar-refractivity contribution in [2.75, 3.05) is 0 Å². The van der Waals surface area contributed by atoms with Crippen molar-refractivity contribution in [1.82, 2.24) is 5.32 Å². The van der Waals surface area contributed by atoms with Gasteiger partial charge in [0.05, 0.1) is 4.47 Å². The summed E-state index contributed by atoms with van der Waals surface area (Å²) in [5.74, 6) is -1.05. The zero-order chi connectivity index (χ0) is 11.7. The van der Waals surface area contributed by atoms with Crippen LogP contribution in [0.25, 0.3) is 0 Å². The molecule has 1 aliphatic carbocycles. The average Bonchev–Trinajstić information content (AvgIpc) is 2.21. The Balaban J connectivity index is 2.01. The van der Waals surface area contributed by atoms with Gasteiger partial charge in [0.1, 0.15) is 11.6 Å². The van der Waals surface area contributed by atoms with E-state index in [0.717, 1.165) is 12.8 Å². The molecule has 0 heterocycles. The van der Waals surface area contributed by atoms with Crippen molar-refractivity contribution in [2.45, 2.75) is 30.8 Å². The largest absolute Gasteiger partial charge is 0.310 e. The third-order valence-electron chi connectivity index (χ3n) is 2.79. The number of nitrogens with one attached hydrogen (secondary N) is 1. The number of rotatable bonds is 3. The first-order chi connectivity index (χ1) is 7.58. The fourth-order valence-electron chi connectivity index (χ4n) is 1.69. The topological polar surface area (TPSA) is 12.0 Å². The van der Waals surface area contributed by atoms with Crippen LogP contribution in [0.1, 0.15) is 18.4 Å². The molecule has 0 amide bonds. The summed E-state index contributed by atoms with van der Waals surface area (Å²) in [7, 11) is 0. The molecule has 0 saturated heterocycles. The van der Waals surface area contributed by atoms with E-state index in [1.54, 1.807) is 0 Å². The van der Waals surface area contributed by atoms with E-state index in [1.165, 1.54) is 12.1 Å². The fourth-order valence-corrected chi connectivity index (χ4v) is 2.49. The Hall–Kier alpha value is -0.190. The second-order valence-corrected chi connectivity index (χ2v) is 5.44. The molecule has 1 aromatic carbocycles. The number of benzene rings is 1. The molecule has 1 N–H and O–H groups in total. The minimum atomic E-state index is -0.533. The Morgan fingerprint density at radius 1 is 1.38 bits per heavy atom. The lowest BCUT2D eigenvalue weighted by molar-refractivity contribution is 0.340. The number of hydrogen-bond donors (Lipinski definition) is 1. The van der Waals surface area contributed by atoms with Gasteiger partial charge in [-0.2, -0.15) is 0 Å². The van der Waals surface area contributed by atoms with Crippen molar-refractivity contribution in [2.24, 2.45) is 0 Å². The molecule has 1 aromatic rings. The van der Waals surface area contributed by atoms with Crippen LogP contribution in [0.15, 0.2) is 16.6 Å².